The lowest BCUT2D eigenvalue weighted by Gasteiger charge is -2.26. The average molecular weight is 293 g/mol. The second-order valence-corrected chi connectivity index (χ2v) is 6.11. The summed E-state index contributed by atoms with van der Waals surface area (Å²) in [6.45, 7) is 4.12. The number of anilines is 1. The number of nitrogens with two attached hydrogens (primary N) is 1. The third-order valence-corrected chi connectivity index (χ3v) is 4.56. The second-order valence-electron chi connectivity index (χ2n) is 4.81. The zero-order chi connectivity index (χ0) is 13.6. The molecule has 0 fully saturated rings. The van der Waals surface area contributed by atoms with Gasteiger partial charge in [0.15, 0.2) is 0 Å². The van der Waals surface area contributed by atoms with E-state index in [1.54, 1.807) is 17.5 Å². The van der Waals surface area contributed by atoms with Gasteiger partial charge in [-0.05, 0) is 26.0 Å². The van der Waals surface area contributed by atoms with E-state index >= 15 is 0 Å². The first kappa shape index (κ1) is 12.4. The van der Waals surface area contributed by atoms with Crippen LogP contribution in [0.5, 0.6) is 0 Å². The summed E-state index contributed by atoms with van der Waals surface area (Å²) in [5.41, 5.74) is 7.34. The molecule has 0 unspecified atom stereocenters. The van der Waals surface area contributed by atoms with Gasteiger partial charge in [-0.25, -0.2) is 9.97 Å². The first-order chi connectivity index (χ1) is 9.01. The van der Waals surface area contributed by atoms with Crippen molar-refractivity contribution in [2.75, 3.05) is 5.73 Å². The van der Waals surface area contributed by atoms with Gasteiger partial charge >= 0.3 is 0 Å². The Bertz CT molecular complexity index is 731. The van der Waals surface area contributed by atoms with Crippen LogP contribution in [0, 0.1) is 0 Å². The molecule has 0 aliphatic rings. The summed E-state index contributed by atoms with van der Waals surface area (Å²) in [5, 5.41) is 3.57. The van der Waals surface area contributed by atoms with Crippen molar-refractivity contribution in [3.63, 3.8) is 0 Å². The summed E-state index contributed by atoms with van der Waals surface area (Å²) < 4.78 is 1.95. The highest BCUT2D eigenvalue weighted by Gasteiger charge is 2.30. The maximum atomic E-state index is 6.31. The molecule has 6 heteroatoms. The SMILES string of the molecule is CC(C)(c1nccs1)n1c(N)nc2cccc(Cl)c21. The molecular weight excluding hydrogens is 280 g/mol. The Kier molecular flexibility index (Phi) is 2.76. The Morgan fingerprint density at radius 2 is 2.16 bits per heavy atom. The van der Waals surface area contributed by atoms with E-state index in [1.807, 2.05) is 28.1 Å². The molecule has 3 rings (SSSR count). The zero-order valence-electron chi connectivity index (χ0n) is 10.6. The number of benzene rings is 1. The third kappa shape index (κ3) is 1.81. The van der Waals surface area contributed by atoms with Crippen molar-refractivity contribution in [3.05, 3.63) is 39.8 Å². The molecule has 4 nitrogen and oxygen atoms in total. The standard InChI is InChI=1S/C13H13ClN4S/c1-13(2,11-16-6-7-19-11)18-10-8(14)4-3-5-9(10)17-12(18)15/h3-7H,1-2H3,(H2,15,17). The zero-order valence-corrected chi connectivity index (χ0v) is 12.2. The molecular formula is C13H13ClN4S. The van der Waals surface area contributed by atoms with Gasteiger partial charge in [-0.15, -0.1) is 11.3 Å². The largest absolute Gasteiger partial charge is 0.369 e. The van der Waals surface area contributed by atoms with E-state index in [2.05, 4.69) is 23.8 Å². The molecule has 0 radical (unpaired) electrons. The topological polar surface area (TPSA) is 56.7 Å². The van der Waals surface area contributed by atoms with Gasteiger partial charge in [-0.3, -0.25) is 4.57 Å². The summed E-state index contributed by atoms with van der Waals surface area (Å²) in [6.07, 6.45) is 1.79. The number of nitrogen functional groups attached to an aromatic ring is 1. The summed E-state index contributed by atoms with van der Waals surface area (Å²) in [5.74, 6) is 0.448. The molecule has 0 bridgehead atoms. The van der Waals surface area contributed by atoms with E-state index in [9.17, 15) is 0 Å². The quantitative estimate of drug-likeness (QED) is 0.786. The maximum absolute atomic E-state index is 6.31. The summed E-state index contributed by atoms with van der Waals surface area (Å²) in [6, 6.07) is 5.63. The Balaban J connectivity index is 2.34. The average Bonchev–Trinajstić information content (AvgIpc) is 2.95. The van der Waals surface area contributed by atoms with Gasteiger partial charge in [0, 0.05) is 11.6 Å². The fourth-order valence-electron chi connectivity index (χ4n) is 2.29. The number of fused-ring (bicyclic) bond motifs is 1. The fourth-order valence-corrected chi connectivity index (χ4v) is 3.30. The van der Waals surface area contributed by atoms with E-state index in [1.165, 1.54) is 0 Å². The van der Waals surface area contributed by atoms with Crippen LogP contribution in [0.2, 0.25) is 5.02 Å². The molecule has 0 spiro atoms. The highest BCUT2D eigenvalue weighted by molar-refractivity contribution is 7.09. The van der Waals surface area contributed by atoms with Crippen LogP contribution in [0.4, 0.5) is 5.95 Å². The van der Waals surface area contributed by atoms with Crippen LogP contribution >= 0.6 is 22.9 Å². The van der Waals surface area contributed by atoms with Gasteiger partial charge in [0.05, 0.1) is 21.6 Å². The van der Waals surface area contributed by atoms with E-state index < -0.39 is 5.54 Å². The maximum Gasteiger partial charge on any atom is 0.202 e. The normalized spacial score (nSPS) is 12.2. The first-order valence-electron chi connectivity index (χ1n) is 5.84. The number of para-hydroxylation sites is 1. The van der Waals surface area contributed by atoms with Gasteiger partial charge in [-0.1, -0.05) is 17.7 Å². The Hall–Kier alpha value is -1.59. The number of halogens is 1. The van der Waals surface area contributed by atoms with Gasteiger partial charge < -0.3 is 5.73 Å². The van der Waals surface area contributed by atoms with Crippen molar-refractivity contribution < 1.29 is 0 Å². The van der Waals surface area contributed by atoms with Crippen molar-refractivity contribution in [2.45, 2.75) is 19.4 Å². The summed E-state index contributed by atoms with van der Waals surface area (Å²) in [7, 11) is 0. The lowest BCUT2D eigenvalue weighted by molar-refractivity contribution is 0.453. The van der Waals surface area contributed by atoms with Crippen LogP contribution in [-0.2, 0) is 5.54 Å². The van der Waals surface area contributed by atoms with Gasteiger partial charge in [0.1, 0.15) is 5.01 Å². The number of thiazole rings is 1. The molecule has 2 N–H and O–H groups in total. The highest BCUT2D eigenvalue weighted by atomic mass is 35.5. The van der Waals surface area contributed by atoms with Crippen molar-refractivity contribution in [2.24, 2.45) is 0 Å². The number of rotatable bonds is 2. The van der Waals surface area contributed by atoms with Crippen LogP contribution in [0.3, 0.4) is 0 Å². The monoisotopic (exact) mass is 292 g/mol. The van der Waals surface area contributed by atoms with Crippen molar-refractivity contribution in [1.82, 2.24) is 14.5 Å². The molecule has 0 amide bonds. The molecule has 1 aromatic carbocycles. The van der Waals surface area contributed by atoms with Crippen LogP contribution in [0.15, 0.2) is 29.8 Å². The number of aromatic nitrogens is 3. The predicted octanol–water partition coefficient (Wildman–Crippen LogP) is 3.51. The minimum Gasteiger partial charge on any atom is -0.369 e. The van der Waals surface area contributed by atoms with Crippen molar-refractivity contribution >= 4 is 39.9 Å². The number of nitrogens with zero attached hydrogens (tertiary/aromatic N) is 3. The van der Waals surface area contributed by atoms with Crippen LogP contribution in [-0.4, -0.2) is 14.5 Å². The second kappa shape index (κ2) is 4.21. The van der Waals surface area contributed by atoms with E-state index in [0.717, 1.165) is 16.0 Å². The highest BCUT2D eigenvalue weighted by Crippen LogP contribution is 2.35. The van der Waals surface area contributed by atoms with E-state index in [4.69, 9.17) is 17.3 Å². The predicted molar refractivity (Wildman–Crippen MR) is 79.7 cm³/mol. The molecule has 3 aromatic rings. The van der Waals surface area contributed by atoms with E-state index in [0.29, 0.717) is 11.0 Å². The van der Waals surface area contributed by atoms with Crippen LogP contribution < -0.4 is 5.73 Å². The molecule has 0 saturated heterocycles. The molecule has 19 heavy (non-hydrogen) atoms. The van der Waals surface area contributed by atoms with Gasteiger partial charge in [-0.2, -0.15) is 0 Å². The molecule has 2 aromatic heterocycles. The van der Waals surface area contributed by atoms with Crippen molar-refractivity contribution in [1.29, 1.82) is 0 Å². The van der Waals surface area contributed by atoms with Crippen LogP contribution in [0.1, 0.15) is 18.9 Å². The van der Waals surface area contributed by atoms with Crippen molar-refractivity contribution in [3.8, 4) is 0 Å². The molecule has 98 valence electrons. The number of hydrogen-bond donors (Lipinski definition) is 1. The lowest BCUT2D eigenvalue weighted by Crippen LogP contribution is -2.28. The molecule has 0 aliphatic heterocycles. The summed E-state index contributed by atoms with van der Waals surface area (Å²) in [4.78, 5) is 8.78. The minimum absolute atomic E-state index is 0.391. The fraction of sp³-hybridized carbons (Fsp3) is 0.231. The Labute approximate surface area is 119 Å². The molecule has 0 atom stereocenters. The summed E-state index contributed by atoms with van der Waals surface area (Å²) >= 11 is 7.90. The Morgan fingerprint density at radius 1 is 1.37 bits per heavy atom. The van der Waals surface area contributed by atoms with Gasteiger partial charge in [0.2, 0.25) is 5.95 Å². The first-order valence-corrected chi connectivity index (χ1v) is 7.10. The number of imidazole rings is 1. The molecule has 0 saturated carbocycles. The molecule has 0 aliphatic carbocycles. The van der Waals surface area contributed by atoms with Gasteiger partial charge in [0.25, 0.3) is 0 Å². The minimum atomic E-state index is -0.391. The van der Waals surface area contributed by atoms with Crippen LogP contribution in [0.25, 0.3) is 11.0 Å². The van der Waals surface area contributed by atoms with E-state index in [-0.39, 0.29) is 0 Å². The lowest BCUT2D eigenvalue weighted by atomic mass is 10.1. The Morgan fingerprint density at radius 3 is 2.84 bits per heavy atom. The molecule has 2 heterocycles. The third-order valence-electron chi connectivity index (χ3n) is 3.17. The number of hydrogen-bond acceptors (Lipinski definition) is 4. The smallest absolute Gasteiger partial charge is 0.202 e.